The second-order valence-electron chi connectivity index (χ2n) is 18.7. The van der Waals surface area contributed by atoms with E-state index < -0.39 is 0 Å². The molecule has 6 rings (SSSR count). The minimum atomic E-state index is -0.266. The number of amides is 3. The standard InChI is InChI=1S/C56H83N3O3/c1-4-7-10-13-16-19-22-25-28-40-49(60)57-46-37-31-34-43-52-44-35-32-38-47(58-50(61)41-29-26-23-20-17-14-11-8-5-2)54(44)56(53(43)46)55-45(52)36-33-39-48(55)59-51(62)42-30-27-24-21-18-15-12-9-6-3/h31-39,52,56H,4-30,40-42H2,1-3H3,(H,57,60)(H,58,61)(H,59,62). The maximum atomic E-state index is 13.7. The molecule has 0 saturated carbocycles. The van der Waals surface area contributed by atoms with Gasteiger partial charge >= 0.3 is 0 Å². The number of carbonyl (C=O) groups excluding carboxylic acids is 3. The van der Waals surface area contributed by atoms with Crippen LogP contribution in [0.4, 0.5) is 17.1 Å². The van der Waals surface area contributed by atoms with Crippen LogP contribution < -0.4 is 16.0 Å². The lowest BCUT2D eigenvalue weighted by molar-refractivity contribution is -0.117. The topological polar surface area (TPSA) is 87.3 Å². The van der Waals surface area contributed by atoms with Crippen LogP contribution in [0.1, 0.15) is 259 Å². The SMILES string of the molecule is CCCCCCCCCCCC(=O)Nc1cccc2c1C1c3c(NC(=O)CCCCCCCCCCC)cccc3C2c2cccc(NC(=O)CCCCCCCCCCC)c21. The lowest BCUT2D eigenvalue weighted by Gasteiger charge is -2.44. The minimum absolute atomic E-state index is 0.0494. The van der Waals surface area contributed by atoms with Gasteiger partial charge in [0.2, 0.25) is 17.7 Å². The molecule has 0 radical (unpaired) electrons. The monoisotopic (exact) mass is 846 g/mol. The summed E-state index contributed by atoms with van der Waals surface area (Å²) in [5.41, 5.74) is 9.31. The van der Waals surface area contributed by atoms with Crippen molar-refractivity contribution in [2.24, 2.45) is 0 Å². The minimum Gasteiger partial charge on any atom is -0.326 e. The molecule has 0 aliphatic heterocycles. The number of anilines is 3. The van der Waals surface area contributed by atoms with E-state index in [0.717, 1.165) is 72.3 Å². The molecule has 0 atom stereocenters. The average molecular weight is 846 g/mol. The first-order valence-corrected chi connectivity index (χ1v) is 25.8. The van der Waals surface area contributed by atoms with Gasteiger partial charge < -0.3 is 16.0 Å². The number of benzene rings is 3. The predicted octanol–water partition coefficient (Wildman–Crippen LogP) is 16.3. The molecule has 3 aliphatic carbocycles. The molecule has 6 nitrogen and oxygen atoms in total. The Bertz CT molecular complexity index is 1610. The average Bonchev–Trinajstić information content (AvgIpc) is 3.27. The summed E-state index contributed by atoms with van der Waals surface area (Å²) in [5, 5.41) is 10.1. The van der Waals surface area contributed by atoms with Crippen LogP contribution in [0.5, 0.6) is 0 Å². The molecule has 6 heteroatoms. The highest BCUT2D eigenvalue weighted by Crippen LogP contribution is 2.60. The van der Waals surface area contributed by atoms with Crippen molar-refractivity contribution in [3.8, 4) is 0 Å². The van der Waals surface area contributed by atoms with Gasteiger partial charge in [0.15, 0.2) is 0 Å². The van der Waals surface area contributed by atoms with E-state index >= 15 is 0 Å². The molecular formula is C56H83N3O3. The third kappa shape index (κ3) is 14.8. The van der Waals surface area contributed by atoms with Gasteiger partial charge in [-0.1, -0.05) is 211 Å². The summed E-state index contributed by atoms with van der Waals surface area (Å²) in [7, 11) is 0. The van der Waals surface area contributed by atoms with E-state index in [2.05, 4.69) is 73.1 Å². The van der Waals surface area contributed by atoms with E-state index in [1.165, 1.54) is 152 Å². The van der Waals surface area contributed by atoms with E-state index in [0.29, 0.717) is 19.3 Å². The molecule has 0 unspecified atom stereocenters. The Hall–Kier alpha value is -3.93. The molecule has 3 N–H and O–H groups in total. The fraction of sp³-hybridized carbons (Fsp3) is 0.625. The summed E-state index contributed by atoms with van der Waals surface area (Å²) in [5.74, 6) is -0.204. The van der Waals surface area contributed by atoms with Gasteiger partial charge in [0.05, 0.1) is 0 Å². The van der Waals surface area contributed by atoms with Crippen molar-refractivity contribution < 1.29 is 14.4 Å². The van der Waals surface area contributed by atoms with Crippen molar-refractivity contribution in [2.45, 2.75) is 225 Å². The smallest absolute Gasteiger partial charge is 0.224 e. The lowest BCUT2D eigenvalue weighted by atomic mass is 9.60. The van der Waals surface area contributed by atoms with Gasteiger partial charge in [-0.05, 0) is 70.8 Å². The van der Waals surface area contributed by atoms with Crippen LogP contribution in [0, 0.1) is 0 Å². The Morgan fingerprint density at radius 3 is 0.839 bits per heavy atom. The Morgan fingerprint density at radius 1 is 0.339 bits per heavy atom. The van der Waals surface area contributed by atoms with Gasteiger partial charge in [0.25, 0.3) is 0 Å². The molecule has 0 spiro atoms. The summed E-state index contributed by atoms with van der Waals surface area (Å²) in [6.07, 6.45) is 34.3. The van der Waals surface area contributed by atoms with Crippen molar-refractivity contribution in [2.75, 3.05) is 16.0 Å². The maximum Gasteiger partial charge on any atom is 0.224 e. The van der Waals surface area contributed by atoms with Gasteiger partial charge in [0, 0.05) is 48.2 Å². The molecule has 3 aromatic carbocycles. The van der Waals surface area contributed by atoms with Crippen LogP contribution in [0.2, 0.25) is 0 Å². The van der Waals surface area contributed by atoms with Crippen molar-refractivity contribution in [3.63, 3.8) is 0 Å². The second kappa shape index (κ2) is 28.0. The van der Waals surface area contributed by atoms with Crippen LogP contribution in [0.3, 0.4) is 0 Å². The first kappa shape index (κ1) is 49.1. The fourth-order valence-corrected chi connectivity index (χ4v) is 10.2. The summed E-state index contributed by atoms with van der Waals surface area (Å²) in [6.45, 7) is 6.77. The van der Waals surface area contributed by atoms with E-state index in [9.17, 15) is 14.4 Å². The van der Waals surface area contributed by atoms with Gasteiger partial charge in [-0.3, -0.25) is 14.4 Å². The van der Waals surface area contributed by atoms with Crippen molar-refractivity contribution in [1.29, 1.82) is 0 Å². The van der Waals surface area contributed by atoms with E-state index in [1.54, 1.807) is 0 Å². The molecule has 0 heterocycles. The van der Waals surface area contributed by atoms with Crippen molar-refractivity contribution in [3.05, 3.63) is 88.0 Å². The number of hydrogen-bond donors (Lipinski definition) is 3. The van der Waals surface area contributed by atoms with Gasteiger partial charge in [0.1, 0.15) is 0 Å². The van der Waals surface area contributed by atoms with Crippen molar-refractivity contribution >= 4 is 34.8 Å². The molecule has 3 amide bonds. The Kier molecular flexibility index (Phi) is 22.2. The third-order valence-electron chi connectivity index (χ3n) is 13.6. The van der Waals surface area contributed by atoms with Crippen LogP contribution >= 0.6 is 0 Å². The zero-order chi connectivity index (χ0) is 43.8. The predicted molar refractivity (Wildman–Crippen MR) is 263 cm³/mol. The summed E-state index contributed by atoms with van der Waals surface area (Å²) >= 11 is 0. The van der Waals surface area contributed by atoms with Crippen LogP contribution in [0.15, 0.2) is 54.6 Å². The number of hydrogen-bond acceptors (Lipinski definition) is 3. The number of carbonyl (C=O) groups is 3. The molecular weight excluding hydrogens is 763 g/mol. The Labute approximate surface area is 377 Å². The summed E-state index contributed by atoms with van der Waals surface area (Å²) in [4.78, 5) is 41.0. The van der Waals surface area contributed by atoms with E-state index in [-0.39, 0.29) is 29.6 Å². The van der Waals surface area contributed by atoms with Gasteiger partial charge in [-0.2, -0.15) is 0 Å². The van der Waals surface area contributed by atoms with Crippen molar-refractivity contribution in [1.82, 2.24) is 0 Å². The zero-order valence-corrected chi connectivity index (χ0v) is 39.3. The number of nitrogens with one attached hydrogen (secondary N) is 3. The molecule has 62 heavy (non-hydrogen) atoms. The van der Waals surface area contributed by atoms with E-state index in [4.69, 9.17) is 0 Å². The summed E-state index contributed by atoms with van der Waals surface area (Å²) in [6, 6.07) is 19.0. The highest BCUT2D eigenvalue weighted by atomic mass is 16.2. The summed E-state index contributed by atoms with van der Waals surface area (Å²) < 4.78 is 0. The quantitative estimate of drug-likeness (QED) is 0.0368. The largest absolute Gasteiger partial charge is 0.326 e. The molecule has 3 aliphatic rings. The Morgan fingerprint density at radius 2 is 0.581 bits per heavy atom. The molecule has 340 valence electrons. The van der Waals surface area contributed by atoms with Crippen LogP contribution in [-0.4, -0.2) is 17.7 Å². The molecule has 0 aromatic heterocycles. The molecule has 3 aromatic rings. The zero-order valence-electron chi connectivity index (χ0n) is 39.3. The molecule has 0 saturated heterocycles. The van der Waals surface area contributed by atoms with E-state index in [1.807, 2.05) is 18.2 Å². The highest BCUT2D eigenvalue weighted by molar-refractivity contribution is 5.97. The Balaban J connectivity index is 1.31. The van der Waals surface area contributed by atoms with Crippen LogP contribution in [-0.2, 0) is 14.4 Å². The third-order valence-corrected chi connectivity index (χ3v) is 13.6. The first-order chi connectivity index (χ1) is 30.5. The van der Waals surface area contributed by atoms with Gasteiger partial charge in [-0.25, -0.2) is 0 Å². The van der Waals surface area contributed by atoms with Crippen LogP contribution in [0.25, 0.3) is 0 Å². The maximum absolute atomic E-state index is 13.7. The molecule has 2 bridgehead atoms. The first-order valence-electron chi connectivity index (χ1n) is 25.8. The second-order valence-corrected chi connectivity index (χ2v) is 18.7. The normalized spacial score (nSPS) is 14.6. The van der Waals surface area contributed by atoms with Gasteiger partial charge in [-0.15, -0.1) is 0 Å². The number of rotatable bonds is 33. The molecule has 0 fully saturated rings. The fourth-order valence-electron chi connectivity index (χ4n) is 10.2. The lowest BCUT2D eigenvalue weighted by Crippen LogP contribution is -2.31. The highest BCUT2D eigenvalue weighted by Gasteiger charge is 2.45. The number of unbranched alkanes of at least 4 members (excludes halogenated alkanes) is 24.